The zero-order valence-electron chi connectivity index (χ0n) is 15.1. The molecule has 0 spiro atoms. The lowest BCUT2D eigenvalue weighted by atomic mass is 9.80. The van der Waals surface area contributed by atoms with Gasteiger partial charge in [-0.05, 0) is 43.3 Å². The second-order valence-electron chi connectivity index (χ2n) is 6.29. The predicted octanol–water partition coefficient (Wildman–Crippen LogP) is 0.425. The van der Waals surface area contributed by atoms with Crippen molar-refractivity contribution in [3.8, 4) is 5.75 Å². The van der Waals surface area contributed by atoms with E-state index in [9.17, 15) is 9.59 Å². The Morgan fingerprint density at radius 3 is 1.62 bits per heavy atom. The number of aromatic hydroxyl groups is 1. The standard InChI is InChI=1S/C6H7BO3.2C6H11NO/c8-6-3-1-5(2-4-6)7(9)10;2*8-6-4-2-1-3-5-7-6/h1-4,8-10H;2*1-5H2,(H,7,8). The molecule has 5 N–H and O–H groups in total. The number of carbonyl (C=O) groups is 2. The van der Waals surface area contributed by atoms with Gasteiger partial charge in [-0.1, -0.05) is 25.0 Å². The Bertz CT molecular complexity index is 493. The van der Waals surface area contributed by atoms with Crippen LogP contribution in [0.5, 0.6) is 5.75 Å². The molecule has 2 aliphatic rings. The second kappa shape index (κ2) is 13.2. The Kier molecular flexibility index (Phi) is 11.2. The first-order chi connectivity index (χ1) is 12.5. The Balaban J connectivity index is 0.000000197. The molecule has 7 nitrogen and oxygen atoms in total. The van der Waals surface area contributed by atoms with E-state index in [1.54, 1.807) is 0 Å². The molecule has 2 amide bonds. The number of phenols is 1. The molecule has 0 bridgehead atoms. The molecular weight excluding hydrogens is 335 g/mol. The maximum atomic E-state index is 10.6. The minimum Gasteiger partial charge on any atom is -0.508 e. The summed E-state index contributed by atoms with van der Waals surface area (Å²) in [6, 6.07) is 5.68. The number of benzene rings is 1. The SMILES string of the molecule is O=C1CCCCCN1.O=C1CCCCCN1.OB(O)c1ccc(O)cc1. The summed E-state index contributed by atoms with van der Waals surface area (Å²) in [5.74, 6) is 0.564. The van der Waals surface area contributed by atoms with Crippen molar-refractivity contribution >= 4 is 24.4 Å². The first kappa shape index (κ1) is 22.0. The highest BCUT2D eigenvalue weighted by Crippen LogP contribution is 2.03. The summed E-state index contributed by atoms with van der Waals surface area (Å²) in [5.41, 5.74) is 0.373. The molecule has 0 aromatic heterocycles. The fourth-order valence-corrected chi connectivity index (χ4v) is 2.45. The van der Waals surface area contributed by atoms with E-state index in [4.69, 9.17) is 15.2 Å². The summed E-state index contributed by atoms with van der Waals surface area (Å²) < 4.78 is 0. The molecule has 2 saturated heterocycles. The van der Waals surface area contributed by atoms with Gasteiger partial charge < -0.3 is 25.8 Å². The van der Waals surface area contributed by atoms with Crippen molar-refractivity contribution in [2.45, 2.75) is 51.4 Å². The molecule has 2 fully saturated rings. The summed E-state index contributed by atoms with van der Waals surface area (Å²) >= 11 is 0. The van der Waals surface area contributed by atoms with Crippen LogP contribution in [0.4, 0.5) is 0 Å². The first-order valence-corrected chi connectivity index (χ1v) is 9.17. The predicted molar refractivity (Wildman–Crippen MR) is 101 cm³/mol. The van der Waals surface area contributed by atoms with Crippen molar-refractivity contribution in [3.05, 3.63) is 24.3 Å². The van der Waals surface area contributed by atoms with Crippen molar-refractivity contribution in [2.24, 2.45) is 0 Å². The number of phenolic OH excluding ortho intramolecular Hbond substituents is 1. The van der Waals surface area contributed by atoms with Gasteiger partial charge in [0.25, 0.3) is 0 Å². The highest BCUT2D eigenvalue weighted by atomic mass is 16.4. The van der Waals surface area contributed by atoms with E-state index in [-0.39, 0.29) is 17.6 Å². The Morgan fingerprint density at radius 1 is 0.731 bits per heavy atom. The van der Waals surface area contributed by atoms with Crippen LogP contribution in [0.1, 0.15) is 51.4 Å². The number of amides is 2. The van der Waals surface area contributed by atoms with Crippen LogP contribution in [0.15, 0.2) is 24.3 Å². The minimum absolute atomic E-state index is 0.115. The van der Waals surface area contributed by atoms with Gasteiger partial charge in [0.05, 0.1) is 0 Å². The molecule has 0 unspecified atom stereocenters. The highest BCUT2D eigenvalue weighted by Gasteiger charge is 2.08. The summed E-state index contributed by atoms with van der Waals surface area (Å²) in [4.78, 5) is 21.1. The van der Waals surface area contributed by atoms with Crippen molar-refractivity contribution in [1.29, 1.82) is 0 Å². The van der Waals surface area contributed by atoms with E-state index in [2.05, 4.69) is 10.6 Å². The van der Waals surface area contributed by atoms with Crippen molar-refractivity contribution in [3.63, 3.8) is 0 Å². The molecule has 2 aliphatic heterocycles. The molecule has 144 valence electrons. The largest absolute Gasteiger partial charge is 0.508 e. The fourth-order valence-electron chi connectivity index (χ4n) is 2.45. The van der Waals surface area contributed by atoms with Gasteiger partial charge in [-0.2, -0.15) is 0 Å². The molecule has 0 radical (unpaired) electrons. The lowest BCUT2D eigenvalue weighted by Crippen LogP contribution is -2.29. The molecule has 3 rings (SSSR count). The minimum atomic E-state index is -1.46. The fraction of sp³-hybridized carbons (Fsp3) is 0.556. The van der Waals surface area contributed by atoms with E-state index in [1.165, 1.54) is 37.1 Å². The van der Waals surface area contributed by atoms with E-state index in [0.717, 1.165) is 51.6 Å². The molecular formula is C18H29BN2O5. The van der Waals surface area contributed by atoms with Crippen LogP contribution in [0.3, 0.4) is 0 Å². The number of hydrogen-bond acceptors (Lipinski definition) is 5. The maximum absolute atomic E-state index is 10.6. The molecule has 1 aromatic rings. The van der Waals surface area contributed by atoms with E-state index >= 15 is 0 Å². The summed E-state index contributed by atoms with van der Waals surface area (Å²) in [5, 5.41) is 31.6. The smallest absolute Gasteiger partial charge is 0.488 e. The normalized spacial score (nSPS) is 17.0. The van der Waals surface area contributed by atoms with Crippen molar-refractivity contribution < 1.29 is 24.7 Å². The third kappa shape index (κ3) is 10.7. The Morgan fingerprint density at radius 2 is 1.19 bits per heavy atom. The van der Waals surface area contributed by atoms with Crippen molar-refractivity contribution in [1.82, 2.24) is 10.6 Å². The van der Waals surface area contributed by atoms with Crippen LogP contribution in [0, 0.1) is 0 Å². The van der Waals surface area contributed by atoms with E-state index in [0.29, 0.717) is 5.46 Å². The second-order valence-corrected chi connectivity index (χ2v) is 6.29. The van der Waals surface area contributed by atoms with Crippen LogP contribution in [0.2, 0.25) is 0 Å². The number of carbonyl (C=O) groups excluding carboxylic acids is 2. The molecule has 0 atom stereocenters. The van der Waals surface area contributed by atoms with Crippen LogP contribution in [-0.2, 0) is 9.59 Å². The Labute approximate surface area is 155 Å². The van der Waals surface area contributed by atoms with Gasteiger partial charge >= 0.3 is 7.12 Å². The van der Waals surface area contributed by atoms with Gasteiger partial charge in [0, 0.05) is 25.9 Å². The average Bonchev–Trinajstić information content (AvgIpc) is 3.00. The topological polar surface area (TPSA) is 119 Å². The zero-order chi connectivity index (χ0) is 19.2. The number of hydrogen-bond donors (Lipinski definition) is 5. The maximum Gasteiger partial charge on any atom is 0.488 e. The molecule has 0 aliphatic carbocycles. The molecule has 8 heteroatoms. The van der Waals surface area contributed by atoms with Crippen LogP contribution in [-0.4, -0.2) is 47.2 Å². The van der Waals surface area contributed by atoms with Crippen LogP contribution < -0.4 is 16.1 Å². The van der Waals surface area contributed by atoms with Gasteiger partial charge in [0.1, 0.15) is 5.75 Å². The van der Waals surface area contributed by atoms with Crippen LogP contribution >= 0.6 is 0 Å². The average molecular weight is 364 g/mol. The van der Waals surface area contributed by atoms with Crippen molar-refractivity contribution in [2.75, 3.05) is 13.1 Å². The first-order valence-electron chi connectivity index (χ1n) is 9.17. The molecule has 0 saturated carbocycles. The molecule has 26 heavy (non-hydrogen) atoms. The Hall–Kier alpha value is -2.06. The zero-order valence-corrected chi connectivity index (χ0v) is 15.1. The lowest BCUT2D eigenvalue weighted by Gasteiger charge is -1.96. The third-order valence-corrected chi connectivity index (χ3v) is 4.00. The van der Waals surface area contributed by atoms with Crippen LogP contribution in [0.25, 0.3) is 0 Å². The summed E-state index contributed by atoms with van der Waals surface area (Å²) in [6.07, 6.45) is 8.35. The van der Waals surface area contributed by atoms with Gasteiger partial charge in [-0.3, -0.25) is 9.59 Å². The quantitative estimate of drug-likeness (QED) is 0.463. The summed E-state index contributed by atoms with van der Waals surface area (Å²) in [7, 11) is -1.46. The highest BCUT2D eigenvalue weighted by molar-refractivity contribution is 6.58. The van der Waals surface area contributed by atoms with Gasteiger partial charge in [0.2, 0.25) is 11.8 Å². The lowest BCUT2D eigenvalue weighted by molar-refractivity contribution is -0.121. The number of rotatable bonds is 1. The van der Waals surface area contributed by atoms with Gasteiger partial charge in [0.15, 0.2) is 0 Å². The van der Waals surface area contributed by atoms with Gasteiger partial charge in [-0.15, -0.1) is 0 Å². The van der Waals surface area contributed by atoms with Gasteiger partial charge in [-0.25, -0.2) is 0 Å². The number of nitrogens with one attached hydrogen (secondary N) is 2. The van der Waals surface area contributed by atoms with E-state index in [1.807, 2.05) is 0 Å². The van der Waals surface area contributed by atoms with E-state index < -0.39 is 7.12 Å². The third-order valence-electron chi connectivity index (χ3n) is 4.00. The monoisotopic (exact) mass is 364 g/mol. The summed E-state index contributed by atoms with van der Waals surface area (Å²) in [6.45, 7) is 1.78. The molecule has 2 heterocycles. The molecule has 1 aromatic carbocycles.